The molecule has 124 valence electrons. The van der Waals surface area contributed by atoms with Crippen LogP contribution in [0.1, 0.15) is 23.2 Å². The van der Waals surface area contributed by atoms with Crippen molar-refractivity contribution in [3.8, 4) is 0 Å². The third kappa shape index (κ3) is 2.76. The first-order chi connectivity index (χ1) is 10.9. The van der Waals surface area contributed by atoms with Crippen LogP contribution in [0.3, 0.4) is 0 Å². The number of aromatic carboxylic acids is 1. The van der Waals surface area contributed by atoms with E-state index in [4.69, 9.17) is 0 Å². The number of hydrogen-bond acceptors (Lipinski definition) is 4. The van der Waals surface area contributed by atoms with Gasteiger partial charge in [0.1, 0.15) is 16.9 Å². The Morgan fingerprint density at radius 1 is 1.39 bits per heavy atom. The molecule has 0 amide bonds. The van der Waals surface area contributed by atoms with E-state index in [9.17, 15) is 14.3 Å². The molecule has 0 atom stereocenters. The number of hydrogen-bond donors (Lipinski definition) is 1. The van der Waals surface area contributed by atoms with Gasteiger partial charge in [-0.1, -0.05) is 0 Å². The highest BCUT2D eigenvalue weighted by Crippen LogP contribution is 2.33. The normalized spacial score (nSPS) is 16.5. The predicted molar refractivity (Wildman–Crippen MR) is 86.6 cm³/mol. The van der Waals surface area contributed by atoms with Gasteiger partial charge < -0.3 is 14.9 Å². The lowest BCUT2D eigenvalue weighted by atomic mass is 10.0. The molecule has 1 aliphatic heterocycles. The van der Waals surface area contributed by atoms with E-state index in [1.54, 1.807) is 13.2 Å². The molecular formula is C16H21FN4O2. The average molecular weight is 320 g/mol. The van der Waals surface area contributed by atoms with Gasteiger partial charge in [-0.15, -0.1) is 0 Å². The summed E-state index contributed by atoms with van der Waals surface area (Å²) in [6.07, 6.45) is 3.75. The van der Waals surface area contributed by atoms with Crippen LogP contribution >= 0.6 is 0 Å². The van der Waals surface area contributed by atoms with Crippen LogP contribution in [-0.4, -0.2) is 59.0 Å². The number of carbonyl (C=O) groups is 1. The third-order valence-electron chi connectivity index (χ3n) is 4.59. The Morgan fingerprint density at radius 3 is 2.61 bits per heavy atom. The summed E-state index contributed by atoms with van der Waals surface area (Å²) < 4.78 is 15.9. The minimum Gasteiger partial charge on any atom is -0.478 e. The van der Waals surface area contributed by atoms with Gasteiger partial charge in [0.25, 0.3) is 0 Å². The van der Waals surface area contributed by atoms with E-state index in [1.165, 1.54) is 10.7 Å². The van der Waals surface area contributed by atoms with Crippen LogP contribution in [0.15, 0.2) is 12.3 Å². The molecule has 2 aromatic rings. The van der Waals surface area contributed by atoms with Crippen LogP contribution in [0.2, 0.25) is 0 Å². The summed E-state index contributed by atoms with van der Waals surface area (Å²) in [6.45, 7) is 1.64. The Labute approximate surface area is 134 Å². The number of piperidine rings is 1. The van der Waals surface area contributed by atoms with Gasteiger partial charge in [0, 0.05) is 37.8 Å². The minimum atomic E-state index is -1.29. The first-order valence-corrected chi connectivity index (χ1v) is 7.69. The molecule has 0 aliphatic carbocycles. The molecular weight excluding hydrogens is 299 g/mol. The molecule has 0 unspecified atom stereocenters. The first-order valence-electron chi connectivity index (χ1n) is 7.69. The highest BCUT2D eigenvalue weighted by Gasteiger charge is 2.26. The number of halogens is 1. The predicted octanol–water partition coefficient (Wildman–Crippen LogP) is 1.94. The summed E-state index contributed by atoms with van der Waals surface area (Å²) in [5, 5.41) is 14.1. The largest absolute Gasteiger partial charge is 0.478 e. The van der Waals surface area contributed by atoms with Gasteiger partial charge in [0.15, 0.2) is 0 Å². The quantitative estimate of drug-likeness (QED) is 0.936. The second kappa shape index (κ2) is 5.81. The maximum absolute atomic E-state index is 14.3. The van der Waals surface area contributed by atoms with Crippen molar-refractivity contribution in [2.75, 3.05) is 32.1 Å². The zero-order chi connectivity index (χ0) is 16.7. The fourth-order valence-electron chi connectivity index (χ4n) is 3.33. The Hall–Kier alpha value is -2.15. The third-order valence-corrected chi connectivity index (χ3v) is 4.59. The van der Waals surface area contributed by atoms with E-state index < -0.39 is 11.8 Å². The van der Waals surface area contributed by atoms with Crippen LogP contribution in [0.25, 0.3) is 10.9 Å². The first kappa shape index (κ1) is 15.7. The molecule has 23 heavy (non-hydrogen) atoms. The topological polar surface area (TPSA) is 61.6 Å². The zero-order valence-electron chi connectivity index (χ0n) is 13.6. The smallest absolute Gasteiger partial charge is 0.341 e. The van der Waals surface area contributed by atoms with E-state index in [0.29, 0.717) is 11.4 Å². The SMILES string of the molecule is CN(C)C1CCN(c2cc(F)c(C(=O)O)c3nn(C)cc23)CC1. The molecule has 1 saturated heterocycles. The number of aryl methyl sites for hydroxylation is 1. The number of rotatable bonds is 3. The fraction of sp³-hybridized carbons (Fsp3) is 0.500. The van der Waals surface area contributed by atoms with E-state index in [0.717, 1.165) is 31.6 Å². The van der Waals surface area contributed by atoms with Gasteiger partial charge in [-0.3, -0.25) is 4.68 Å². The minimum absolute atomic E-state index is 0.213. The van der Waals surface area contributed by atoms with Crippen LogP contribution < -0.4 is 4.90 Å². The number of nitrogens with zero attached hydrogens (tertiary/aromatic N) is 4. The Kier molecular flexibility index (Phi) is 3.97. The highest BCUT2D eigenvalue weighted by molar-refractivity contribution is 6.06. The Morgan fingerprint density at radius 2 is 2.04 bits per heavy atom. The molecule has 1 aromatic heterocycles. The lowest BCUT2D eigenvalue weighted by molar-refractivity contribution is 0.0694. The van der Waals surface area contributed by atoms with E-state index in [-0.39, 0.29) is 11.1 Å². The summed E-state index contributed by atoms with van der Waals surface area (Å²) in [5.41, 5.74) is 0.588. The van der Waals surface area contributed by atoms with Crippen molar-refractivity contribution in [1.82, 2.24) is 14.7 Å². The number of anilines is 1. The summed E-state index contributed by atoms with van der Waals surface area (Å²) in [6, 6.07) is 1.86. The number of carboxylic acids is 1. The highest BCUT2D eigenvalue weighted by atomic mass is 19.1. The van der Waals surface area contributed by atoms with Crippen LogP contribution in [0.4, 0.5) is 10.1 Å². The molecule has 1 aliphatic rings. The number of fused-ring (bicyclic) bond motifs is 1. The second-order valence-electron chi connectivity index (χ2n) is 6.30. The maximum Gasteiger partial charge on any atom is 0.341 e. The van der Waals surface area contributed by atoms with Crippen LogP contribution in [0, 0.1) is 5.82 Å². The van der Waals surface area contributed by atoms with E-state index >= 15 is 0 Å². The van der Waals surface area contributed by atoms with Crippen molar-refractivity contribution in [1.29, 1.82) is 0 Å². The van der Waals surface area contributed by atoms with Crippen LogP contribution in [0.5, 0.6) is 0 Å². The van der Waals surface area contributed by atoms with Gasteiger partial charge >= 0.3 is 5.97 Å². The van der Waals surface area contributed by atoms with Gasteiger partial charge in [-0.2, -0.15) is 5.10 Å². The molecule has 1 aromatic carbocycles. The lowest BCUT2D eigenvalue weighted by Crippen LogP contribution is -2.42. The van der Waals surface area contributed by atoms with Crippen molar-refractivity contribution >= 4 is 22.6 Å². The monoisotopic (exact) mass is 320 g/mol. The van der Waals surface area contributed by atoms with Crippen LogP contribution in [-0.2, 0) is 7.05 Å². The molecule has 0 radical (unpaired) electrons. The Bertz CT molecular complexity index is 748. The van der Waals surface area contributed by atoms with E-state index in [1.807, 2.05) is 0 Å². The molecule has 6 nitrogen and oxygen atoms in total. The second-order valence-corrected chi connectivity index (χ2v) is 6.30. The molecule has 1 N–H and O–H groups in total. The van der Waals surface area contributed by atoms with Crippen molar-refractivity contribution < 1.29 is 14.3 Å². The van der Waals surface area contributed by atoms with Crippen molar-refractivity contribution in [2.24, 2.45) is 7.05 Å². The summed E-state index contributed by atoms with van der Waals surface area (Å²) in [5.74, 6) is -2.02. The fourth-order valence-corrected chi connectivity index (χ4v) is 3.33. The molecule has 2 heterocycles. The summed E-state index contributed by atoms with van der Waals surface area (Å²) in [7, 11) is 5.85. The van der Waals surface area contributed by atoms with E-state index in [2.05, 4.69) is 29.0 Å². The van der Waals surface area contributed by atoms with Gasteiger partial charge in [0.2, 0.25) is 0 Å². The van der Waals surface area contributed by atoms with Gasteiger partial charge in [-0.05, 0) is 33.0 Å². The molecule has 0 saturated carbocycles. The average Bonchev–Trinajstić information content (AvgIpc) is 2.86. The molecule has 1 fully saturated rings. The number of aromatic nitrogens is 2. The lowest BCUT2D eigenvalue weighted by Gasteiger charge is -2.36. The molecule has 0 bridgehead atoms. The summed E-state index contributed by atoms with van der Waals surface area (Å²) in [4.78, 5) is 15.7. The molecule has 7 heteroatoms. The molecule has 0 spiro atoms. The van der Waals surface area contributed by atoms with Gasteiger partial charge in [0.05, 0.1) is 5.69 Å². The van der Waals surface area contributed by atoms with Crippen molar-refractivity contribution in [3.63, 3.8) is 0 Å². The number of carboxylic acid groups (broad SMARTS) is 1. The standard InChI is InChI=1S/C16H21FN4O2/c1-19(2)10-4-6-21(7-5-10)13-8-12(17)14(16(22)23)15-11(13)9-20(3)18-15/h8-10H,4-7H2,1-3H3,(H,22,23). The van der Waals surface area contributed by atoms with Crippen molar-refractivity contribution in [2.45, 2.75) is 18.9 Å². The number of benzene rings is 1. The Balaban J connectivity index is 2.02. The van der Waals surface area contributed by atoms with Crippen molar-refractivity contribution in [3.05, 3.63) is 23.6 Å². The molecule has 3 rings (SSSR count). The summed E-state index contributed by atoms with van der Waals surface area (Å²) >= 11 is 0. The van der Waals surface area contributed by atoms with Gasteiger partial charge in [-0.25, -0.2) is 9.18 Å². The maximum atomic E-state index is 14.3. The zero-order valence-corrected chi connectivity index (χ0v) is 13.6.